The van der Waals surface area contributed by atoms with Crippen LogP contribution >= 0.6 is 0 Å². The van der Waals surface area contributed by atoms with Gasteiger partial charge in [0.25, 0.3) is 0 Å². The maximum absolute atomic E-state index is 12.8. The number of methoxy groups -OCH3 is 1. The number of ether oxygens (including phenoxy) is 1. The number of aliphatic hydroxyl groups is 1. The SMILES string of the molecule is COCCN1CCC2(CCCN(C(=O)C3CC(O)C3)CC2)C1=O. The Kier molecular flexibility index (Phi) is 4.92. The lowest BCUT2D eigenvalue weighted by Crippen LogP contribution is -2.44. The summed E-state index contributed by atoms with van der Waals surface area (Å²) < 4.78 is 5.09. The van der Waals surface area contributed by atoms with Gasteiger partial charge in [-0.1, -0.05) is 0 Å². The molecule has 6 heteroatoms. The van der Waals surface area contributed by atoms with Crippen LogP contribution in [-0.4, -0.2) is 72.7 Å². The Morgan fingerprint density at radius 3 is 2.70 bits per heavy atom. The van der Waals surface area contributed by atoms with E-state index in [2.05, 4.69) is 0 Å². The lowest BCUT2D eigenvalue weighted by Gasteiger charge is -2.34. The molecule has 1 atom stereocenters. The molecular weight excluding hydrogens is 296 g/mol. The Morgan fingerprint density at radius 1 is 1.26 bits per heavy atom. The number of likely N-dealkylation sites (tertiary alicyclic amines) is 2. The summed E-state index contributed by atoms with van der Waals surface area (Å²) in [5, 5.41) is 9.39. The topological polar surface area (TPSA) is 70.1 Å². The molecule has 1 N–H and O–H groups in total. The predicted octanol–water partition coefficient (Wildman–Crippen LogP) is 0.635. The summed E-state index contributed by atoms with van der Waals surface area (Å²) in [6, 6.07) is 0. The molecule has 130 valence electrons. The van der Waals surface area contributed by atoms with Crippen molar-refractivity contribution in [2.75, 3.05) is 39.9 Å². The molecule has 0 aromatic rings. The third-order valence-corrected chi connectivity index (χ3v) is 5.88. The van der Waals surface area contributed by atoms with Crippen LogP contribution in [0, 0.1) is 11.3 Å². The second kappa shape index (κ2) is 6.77. The van der Waals surface area contributed by atoms with Crippen LogP contribution in [0.15, 0.2) is 0 Å². The van der Waals surface area contributed by atoms with Crippen molar-refractivity contribution in [3.05, 3.63) is 0 Å². The molecule has 2 saturated heterocycles. The second-order valence-corrected chi connectivity index (χ2v) is 7.32. The Balaban J connectivity index is 1.58. The third kappa shape index (κ3) is 3.24. The molecule has 23 heavy (non-hydrogen) atoms. The quantitative estimate of drug-likeness (QED) is 0.824. The highest BCUT2D eigenvalue weighted by Crippen LogP contribution is 2.42. The van der Waals surface area contributed by atoms with E-state index in [0.29, 0.717) is 32.5 Å². The fraction of sp³-hybridized carbons (Fsp3) is 0.882. The van der Waals surface area contributed by atoms with Crippen LogP contribution in [0.1, 0.15) is 38.5 Å². The number of amides is 2. The molecule has 3 aliphatic rings. The molecule has 2 heterocycles. The molecule has 1 unspecified atom stereocenters. The lowest BCUT2D eigenvalue weighted by molar-refractivity contribution is -0.143. The molecule has 1 saturated carbocycles. The van der Waals surface area contributed by atoms with Crippen LogP contribution in [0.2, 0.25) is 0 Å². The third-order valence-electron chi connectivity index (χ3n) is 5.88. The van der Waals surface area contributed by atoms with Gasteiger partial charge in [-0.2, -0.15) is 0 Å². The van der Waals surface area contributed by atoms with E-state index < -0.39 is 0 Å². The van der Waals surface area contributed by atoms with Crippen molar-refractivity contribution in [2.24, 2.45) is 11.3 Å². The van der Waals surface area contributed by atoms with Gasteiger partial charge in [0, 0.05) is 39.2 Å². The summed E-state index contributed by atoms with van der Waals surface area (Å²) in [5.74, 6) is 0.425. The van der Waals surface area contributed by atoms with Crippen molar-refractivity contribution in [2.45, 2.75) is 44.6 Å². The fourth-order valence-electron chi connectivity index (χ4n) is 4.23. The Labute approximate surface area is 137 Å². The number of nitrogens with zero attached hydrogens (tertiary/aromatic N) is 2. The van der Waals surface area contributed by atoms with Crippen LogP contribution in [0.3, 0.4) is 0 Å². The smallest absolute Gasteiger partial charge is 0.229 e. The van der Waals surface area contributed by atoms with Crippen LogP contribution in [0.4, 0.5) is 0 Å². The van der Waals surface area contributed by atoms with Crippen molar-refractivity contribution in [1.82, 2.24) is 9.80 Å². The summed E-state index contributed by atoms with van der Waals surface area (Å²) in [4.78, 5) is 29.1. The summed E-state index contributed by atoms with van der Waals surface area (Å²) in [7, 11) is 1.66. The molecule has 0 aromatic carbocycles. The maximum Gasteiger partial charge on any atom is 0.229 e. The van der Waals surface area contributed by atoms with E-state index in [0.717, 1.165) is 38.8 Å². The molecule has 0 bridgehead atoms. The van der Waals surface area contributed by atoms with Crippen molar-refractivity contribution in [3.63, 3.8) is 0 Å². The van der Waals surface area contributed by atoms with Crippen LogP contribution < -0.4 is 0 Å². The van der Waals surface area contributed by atoms with Gasteiger partial charge in [-0.3, -0.25) is 9.59 Å². The van der Waals surface area contributed by atoms with Crippen molar-refractivity contribution in [1.29, 1.82) is 0 Å². The average Bonchev–Trinajstić information content (AvgIpc) is 2.70. The van der Waals surface area contributed by atoms with Gasteiger partial charge in [-0.05, 0) is 38.5 Å². The molecule has 3 rings (SSSR count). The van der Waals surface area contributed by atoms with Crippen LogP contribution in [0.5, 0.6) is 0 Å². The summed E-state index contributed by atoms with van der Waals surface area (Å²) >= 11 is 0. The minimum atomic E-state index is -0.298. The van der Waals surface area contributed by atoms with Gasteiger partial charge >= 0.3 is 0 Å². The first kappa shape index (κ1) is 16.7. The van der Waals surface area contributed by atoms with Gasteiger partial charge in [-0.25, -0.2) is 0 Å². The number of carbonyl (C=O) groups excluding carboxylic acids is 2. The Morgan fingerprint density at radius 2 is 2.00 bits per heavy atom. The van der Waals surface area contributed by atoms with E-state index in [1.807, 2.05) is 9.80 Å². The zero-order chi connectivity index (χ0) is 16.4. The van der Waals surface area contributed by atoms with Gasteiger partial charge in [0.15, 0.2) is 0 Å². The largest absolute Gasteiger partial charge is 0.393 e. The number of carbonyl (C=O) groups is 2. The lowest BCUT2D eigenvalue weighted by atomic mass is 9.79. The number of hydrogen-bond donors (Lipinski definition) is 1. The van der Waals surface area contributed by atoms with Crippen molar-refractivity contribution < 1.29 is 19.4 Å². The number of rotatable bonds is 4. The molecule has 2 aliphatic heterocycles. The zero-order valence-corrected chi connectivity index (χ0v) is 14.0. The predicted molar refractivity (Wildman–Crippen MR) is 84.7 cm³/mol. The van der Waals surface area contributed by atoms with E-state index in [-0.39, 0.29) is 29.3 Å². The maximum atomic E-state index is 12.8. The first-order chi connectivity index (χ1) is 11.1. The molecular formula is C17H28N2O4. The molecule has 6 nitrogen and oxygen atoms in total. The van der Waals surface area contributed by atoms with E-state index in [1.165, 1.54) is 0 Å². The molecule has 0 aromatic heterocycles. The highest BCUT2D eigenvalue weighted by molar-refractivity contribution is 5.85. The van der Waals surface area contributed by atoms with E-state index in [1.54, 1.807) is 7.11 Å². The minimum Gasteiger partial charge on any atom is -0.393 e. The Hall–Kier alpha value is -1.14. The van der Waals surface area contributed by atoms with Crippen molar-refractivity contribution >= 4 is 11.8 Å². The number of hydrogen-bond acceptors (Lipinski definition) is 4. The van der Waals surface area contributed by atoms with E-state index in [9.17, 15) is 14.7 Å². The summed E-state index contributed by atoms with van der Waals surface area (Å²) in [6.07, 6.45) is 4.36. The standard InChI is InChI=1S/C17H28N2O4/c1-23-10-9-19-8-5-17(16(19)22)3-2-6-18(7-4-17)15(21)13-11-14(20)12-13/h13-14,20H,2-12H2,1H3. The minimum absolute atomic E-state index is 0.00321. The summed E-state index contributed by atoms with van der Waals surface area (Å²) in [6.45, 7) is 3.48. The van der Waals surface area contributed by atoms with Crippen molar-refractivity contribution in [3.8, 4) is 0 Å². The summed E-state index contributed by atoms with van der Waals surface area (Å²) in [5.41, 5.74) is -0.262. The second-order valence-electron chi connectivity index (χ2n) is 7.32. The van der Waals surface area contributed by atoms with Gasteiger partial charge in [0.2, 0.25) is 11.8 Å². The monoisotopic (exact) mass is 324 g/mol. The van der Waals surface area contributed by atoms with Crippen LogP contribution in [-0.2, 0) is 14.3 Å². The zero-order valence-electron chi connectivity index (χ0n) is 14.0. The first-order valence-electron chi connectivity index (χ1n) is 8.81. The fourth-order valence-corrected chi connectivity index (χ4v) is 4.23. The molecule has 1 spiro atoms. The highest BCUT2D eigenvalue weighted by atomic mass is 16.5. The highest BCUT2D eigenvalue weighted by Gasteiger charge is 2.47. The van der Waals surface area contributed by atoms with Crippen LogP contribution in [0.25, 0.3) is 0 Å². The average molecular weight is 324 g/mol. The van der Waals surface area contributed by atoms with Gasteiger partial charge in [0.1, 0.15) is 0 Å². The number of aliphatic hydroxyl groups excluding tert-OH is 1. The van der Waals surface area contributed by atoms with Gasteiger partial charge in [0.05, 0.1) is 18.1 Å². The first-order valence-corrected chi connectivity index (χ1v) is 8.81. The molecule has 1 aliphatic carbocycles. The van der Waals surface area contributed by atoms with E-state index in [4.69, 9.17) is 4.74 Å². The molecule has 0 radical (unpaired) electrons. The normalized spacial score (nSPS) is 34.6. The Bertz CT molecular complexity index is 464. The van der Waals surface area contributed by atoms with Gasteiger partial charge < -0.3 is 19.6 Å². The van der Waals surface area contributed by atoms with E-state index >= 15 is 0 Å². The molecule has 3 fully saturated rings. The molecule has 2 amide bonds. The van der Waals surface area contributed by atoms with Gasteiger partial charge in [-0.15, -0.1) is 0 Å².